The van der Waals surface area contributed by atoms with Gasteiger partial charge >= 0.3 is 5.97 Å². The molecule has 0 N–H and O–H groups in total. The fourth-order valence-electron chi connectivity index (χ4n) is 10.3. The molecule has 0 saturated carbocycles. The van der Waals surface area contributed by atoms with E-state index in [1.165, 1.54) is 295 Å². The van der Waals surface area contributed by atoms with Crippen molar-refractivity contribution in [2.75, 3.05) is 6.61 Å². The maximum absolute atomic E-state index is 12.3. The summed E-state index contributed by atoms with van der Waals surface area (Å²) in [5, 5.41) is 0. The largest absolute Gasteiger partial charge is 0.466 e. The van der Waals surface area contributed by atoms with Crippen LogP contribution in [0.25, 0.3) is 0 Å². The fourth-order valence-corrected chi connectivity index (χ4v) is 10.3. The number of hydrogen-bond donors (Lipinski definition) is 0. The van der Waals surface area contributed by atoms with Crippen LogP contribution < -0.4 is 0 Å². The number of rotatable bonds is 61. The molecule has 0 aliphatic rings. The molecule has 0 aliphatic carbocycles. The van der Waals surface area contributed by atoms with Crippen molar-refractivity contribution in [3.63, 3.8) is 0 Å². The molecule has 0 heterocycles. The van der Waals surface area contributed by atoms with Crippen molar-refractivity contribution >= 4 is 17.5 Å². The minimum absolute atomic E-state index is 0.0149. The average molecular weight is 958 g/mol. The molecule has 0 aromatic carbocycles. The number of esters is 1. The van der Waals surface area contributed by atoms with Crippen LogP contribution in [-0.4, -0.2) is 24.1 Å². The first kappa shape index (κ1) is 66.8. The molecule has 68 heavy (non-hydrogen) atoms. The van der Waals surface area contributed by atoms with Gasteiger partial charge in [0.1, 0.15) is 11.6 Å². The zero-order valence-corrected chi connectivity index (χ0v) is 46.9. The summed E-state index contributed by atoms with van der Waals surface area (Å²) < 4.78 is 5.50. The zero-order valence-electron chi connectivity index (χ0n) is 46.9. The van der Waals surface area contributed by atoms with E-state index in [0.29, 0.717) is 24.6 Å². The van der Waals surface area contributed by atoms with E-state index in [1.807, 2.05) is 0 Å². The van der Waals surface area contributed by atoms with Crippen LogP contribution in [0.3, 0.4) is 0 Å². The van der Waals surface area contributed by atoms with E-state index >= 15 is 0 Å². The molecule has 0 atom stereocenters. The van der Waals surface area contributed by atoms with Crippen LogP contribution >= 0.6 is 0 Å². The Morgan fingerprint density at radius 1 is 0.206 bits per heavy atom. The first-order valence-corrected chi connectivity index (χ1v) is 31.8. The molecule has 0 amide bonds. The maximum atomic E-state index is 12.3. The highest BCUT2D eigenvalue weighted by atomic mass is 16.5. The number of ketones is 2. The van der Waals surface area contributed by atoms with Crippen molar-refractivity contribution in [1.82, 2.24) is 0 Å². The van der Waals surface area contributed by atoms with E-state index in [4.69, 9.17) is 4.74 Å². The van der Waals surface area contributed by atoms with E-state index in [0.717, 1.165) is 70.6 Å². The van der Waals surface area contributed by atoms with Gasteiger partial charge in [-0.25, -0.2) is 0 Å². The lowest BCUT2D eigenvalue weighted by molar-refractivity contribution is -0.144. The molecule has 0 spiro atoms. The van der Waals surface area contributed by atoms with Gasteiger partial charge in [-0.1, -0.05) is 316 Å². The minimum atomic E-state index is -0.0149. The van der Waals surface area contributed by atoms with Crippen molar-refractivity contribution in [3.8, 4) is 0 Å². The Balaban J connectivity index is 3.25. The second kappa shape index (κ2) is 60.1. The lowest BCUT2D eigenvalue weighted by Crippen LogP contribution is -2.05. The van der Waals surface area contributed by atoms with Gasteiger partial charge in [-0.3, -0.25) is 14.4 Å². The molecule has 0 saturated heterocycles. The molecular formula is C64H124O4. The summed E-state index contributed by atoms with van der Waals surface area (Å²) in [6.07, 6.45) is 73.7. The molecule has 0 bridgehead atoms. The van der Waals surface area contributed by atoms with Crippen molar-refractivity contribution in [3.05, 3.63) is 0 Å². The first-order chi connectivity index (χ1) is 33.6. The summed E-state index contributed by atoms with van der Waals surface area (Å²) in [5.74, 6) is 0.970. The lowest BCUT2D eigenvalue weighted by Gasteiger charge is -2.06. The van der Waals surface area contributed by atoms with Crippen LogP contribution in [0.1, 0.15) is 386 Å². The number of hydrogen-bond acceptors (Lipinski definition) is 4. The molecule has 0 radical (unpaired) electrons. The minimum Gasteiger partial charge on any atom is -0.466 e. The van der Waals surface area contributed by atoms with Gasteiger partial charge in [0.25, 0.3) is 0 Å². The van der Waals surface area contributed by atoms with Gasteiger partial charge < -0.3 is 4.74 Å². The normalized spacial score (nSPS) is 11.5. The SMILES string of the molecule is CCCCCCCCCCCCCCCCCCCC(=O)CCCCCCCCCC(=O)OCCCCCCCCCCCCCCCCC(=O)CCCCCCCCCCCCCCCCC. The topological polar surface area (TPSA) is 60.4 Å². The van der Waals surface area contributed by atoms with E-state index in [-0.39, 0.29) is 5.97 Å². The molecule has 404 valence electrons. The summed E-state index contributed by atoms with van der Waals surface area (Å²) in [6.45, 7) is 5.18. The third kappa shape index (κ3) is 59.1. The third-order valence-electron chi connectivity index (χ3n) is 15.1. The Hall–Kier alpha value is -1.19. The Morgan fingerprint density at radius 3 is 0.574 bits per heavy atom. The van der Waals surface area contributed by atoms with Gasteiger partial charge in [0, 0.05) is 32.1 Å². The highest BCUT2D eigenvalue weighted by molar-refractivity contribution is 5.78. The standard InChI is InChI=1S/C64H124O4/c1-3-5-7-9-11-13-15-17-19-20-22-26-30-34-39-46-52-58-63(66)59-53-47-41-37-42-48-54-60-64(67)68-61-55-49-43-36-32-28-24-23-27-31-35-40-45-51-57-62(65)56-50-44-38-33-29-25-21-18-16-14-12-10-8-6-4-2/h3-61H2,1-2H3. The first-order valence-electron chi connectivity index (χ1n) is 31.8. The molecule has 4 nitrogen and oxygen atoms in total. The van der Waals surface area contributed by atoms with Gasteiger partial charge in [-0.2, -0.15) is 0 Å². The molecule has 0 unspecified atom stereocenters. The van der Waals surface area contributed by atoms with Crippen LogP contribution in [-0.2, 0) is 19.1 Å². The fraction of sp³-hybridized carbons (Fsp3) is 0.953. The molecular weight excluding hydrogens is 833 g/mol. The number of unbranched alkanes of at least 4 members (excludes halogenated alkanes) is 49. The van der Waals surface area contributed by atoms with Crippen LogP contribution in [0.5, 0.6) is 0 Å². The van der Waals surface area contributed by atoms with Crippen molar-refractivity contribution in [2.45, 2.75) is 386 Å². The number of Topliss-reactive ketones (excluding diaryl/α,β-unsaturated/α-hetero) is 2. The van der Waals surface area contributed by atoms with E-state index < -0.39 is 0 Å². The molecule has 0 fully saturated rings. The molecule has 0 aromatic heterocycles. The number of carbonyl (C=O) groups is 3. The van der Waals surface area contributed by atoms with Gasteiger partial charge in [-0.15, -0.1) is 0 Å². The van der Waals surface area contributed by atoms with Crippen molar-refractivity contribution in [2.24, 2.45) is 0 Å². The second-order valence-electron chi connectivity index (χ2n) is 22.1. The van der Waals surface area contributed by atoms with Crippen LogP contribution in [0.15, 0.2) is 0 Å². The monoisotopic (exact) mass is 957 g/mol. The summed E-state index contributed by atoms with van der Waals surface area (Å²) in [5.41, 5.74) is 0. The highest BCUT2D eigenvalue weighted by Gasteiger charge is 2.06. The summed E-state index contributed by atoms with van der Waals surface area (Å²) in [7, 11) is 0. The molecule has 4 heteroatoms. The van der Waals surface area contributed by atoms with Gasteiger partial charge in [-0.05, 0) is 38.5 Å². The summed E-state index contributed by atoms with van der Waals surface area (Å²) in [6, 6.07) is 0. The van der Waals surface area contributed by atoms with Crippen LogP contribution in [0.4, 0.5) is 0 Å². The molecule has 0 aromatic rings. The number of ether oxygens (including phenoxy) is 1. The Morgan fingerprint density at radius 2 is 0.368 bits per heavy atom. The van der Waals surface area contributed by atoms with Crippen molar-refractivity contribution in [1.29, 1.82) is 0 Å². The van der Waals surface area contributed by atoms with E-state index in [1.54, 1.807) is 0 Å². The van der Waals surface area contributed by atoms with Crippen LogP contribution in [0, 0.1) is 0 Å². The highest BCUT2D eigenvalue weighted by Crippen LogP contribution is 2.19. The van der Waals surface area contributed by atoms with E-state index in [9.17, 15) is 14.4 Å². The maximum Gasteiger partial charge on any atom is 0.305 e. The average Bonchev–Trinajstić information content (AvgIpc) is 3.34. The van der Waals surface area contributed by atoms with Gasteiger partial charge in [0.15, 0.2) is 0 Å². The van der Waals surface area contributed by atoms with Gasteiger partial charge in [0.05, 0.1) is 6.61 Å². The predicted octanol–water partition coefficient (Wildman–Crippen LogP) is 22.3. The Kier molecular flexibility index (Phi) is 59.1. The second-order valence-corrected chi connectivity index (χ2v) is 22.1. The smallest absolute Gasteiger partial charge is 0.305 e. The lowest BCUT2D eigenvalue weighted by atomic mass is 10.0. The summed E-state index contributed by atoms with van der Waals surface area (Å²) >= 11 is 0. The molecule has 0 aliphatic heterocycles. The Bertz CT molecular complexity index is 990. The quantitative estimate of drug-likeness (QED) is 0.0450. The van der Waals surface area contributed by atoms with Crippen molar-refractivity contribution < 1.29 is 19.1 Å². The zero-order chi connectivity index (χ0) is 49.2. The van der Waals surface area contributed by atoms with E-state index in [2.05, 4.69) is 13.8 Å². The third-order valence-corrected chi connectivity index (χ3v) is 15.1. The molecule has 0 rings (SSSR count). The number of carbonyl (C=O) groups excluding carboxylic acids is 3. The predicted molar refractivity (Wildman–Crippen MR) is 300 cm³/mol. The Labute approximate surface area is 427 Å². The summed E-state index contributed by atoms with van der Waals surface area (Å²) in [4.78, 5) is 36.7. The van der Waals surface area contributed by atoms with Crippen LogP contribution in [0.2, 0.25) is 0 Å². The van der Waals surface area contributed by atoms with Gasteiger partial charge in [0.2, 0.25) is 0 Å².